The number of hydrogen-bond acceptors (Lipinski definition) is 7. The highest BCUT2D eigenvalue weighted by Gasteiger charge is 2.33. The first-order valence-electron chi connectivity index (χ1n) is 12.1. The molecule has 0 saturated carbocycles. The molecule has 0 fully saturated rings. The summed E-state index contributed by atoms with van der Waals surface area (Å²) < 4.78 is 0. The lowest BCUT2D eigenvalue weighted by atomic mass is 9.96. The molecule has 206 valence electrons. The van der Waals surface area contributed by atoms with E-state index in [1.807, 2.05) is 13.8 Å². The molecule has 37 heavy (non-hydrogen) atoms. The van der Waals surface area contributed by atoms with Crippen molar-refractivity contribution >= 4 is 29.7 Å². The molecule has 12 heteroatoms. The van der Waals surface area contributed by atoms with Gasteiger partial charge in [0, 0.05) is 6.42 Å². The van der Waals surface area contributed by atoms with Crippen molar-refractivity contribution in [3.05, 3.63) is 29.8 Å². The number of phenols is 1. The van der Waals surface area contributed by atoms with Crippen molar-refractivity contribution in [1.29, 1.82) is 0 Å². The maximum absolute atomic E-state index is 13.1. The summed E-state index contributed by atoms with van der Waals surface area (Å²) >= 11 is 0. The van der Waals surface area contributed by atoms with Gasteiger partial charge >= 0.3 is 11.9 Å². The van der Waals surface area contributed by atoms with Crippen LogP contribution in [0, 0.1) is 11.8 Å². The molecule has 0 heterocycles. The SMILES string of the molecule is CCC(C)C(NC(=O)C(CC(=O)O)NC(=O)C(N)CC(C)C)C(=O)NC(Cc1ccc(O)cc1)C(=O)O. The second-order valence-electron chi connectivity index (χ2n) is 9.54. The zero-order valence-electron chi connectivity index (χ0n) is 21.6. The van der Waals surface area contributed by atoms with Crippen LogP contribution in [0.4, 0.5) is 0 Å². The molecule has 0 aromatic heterocycles. The highest BCUT2D eigenvalue weighted by atomic mass is 16.4. The van der Waals surface area contributed by atoms with E-state index in [1.54, 1.807) is 13.8 Å². The van der Waals surface area contributed by atoms with E-state index in [0.717, 1.165) is 0 Å². The largest absolute Gasteiger partial charge is 0.508 e. The van der Waals surface area contributed by atoms with E-state index in [4.69, 9.17) is 5.73 Å². The molecule has 8 N–H and O–H groups in total. The topological polar surface area (TPSA) is 208 Å². The normalized spacial score (nSPS) is 15.1. The van der Waals surface area contributed by atoms with Gasteiger partial charge in [-0.1, -0.05) is 46.2 Å². The number of amides is 3. The summed E-state index contributed by atoms with van der Waals surface area (Å²) in [5, 5.41) is 35.5. The minimum absolute atomic E-state index is 0.00683. The first-order chi connectivity index (χ1) is 17.2. The third-order valence-electron chi connectivity index (χ3n) is 5.86. The third-order valence-corrected chi connectivity index (χ3v) is 5.86. The minimum atomic E-state index is -1.49. The Labute approximate surface area is 216 Å². The minimum Gasteiger partial charge on any atom is -0.508 e. The number of nitrogens with two attached hydrogens (primary N) is 1. The van der Waals surface area contributed by atoms with E-state index in [9.17, 15) is 39.3 Å². The molecule has 1 aromatic carbocycles. The van der Waals surface area contributed by atoms with E-state index >= 15 is 0 Å². The summed E-state index contributed by atoms with van der Waals surface area (Å²) in [5.41, 5.74) is 6.40. The molecule has 0 aliphatic heterocycles. The fraction of sp³-hybridized carbons (Fsp3) is 0.560. The van der Waals surface area contributed by atoms with Crippen LogP contribution in [0.2, 0.25) is 0 Å². The number of phenolic OH excluding ortho intramolecular Hbond substituents is 1. The van der Waals surface area contributed by atoms with Crippen LogP contribution in [0.1, 0.15) is 52.5 Å². The summed E-state index contributed by atoms with van der Waals surface area (Å²) in [5.74, 6) is -5.37. The van der Waals surface area contributed by atoms with E-state index in [1.165, 1.54) is 24.3 Å². The molecular weight excluding hydrogens is 484 g/mol. The van der Waals surface area contributed by atoms with Gasteiger partial charge in [-0.2, -0.15) is 0 Å². The highest BCUT2D eigenvalue weighted by Crippen LogP contribution is 2.13. The first kappa shape index (κ1) is 31.4. The van der Waals surface area contributed by atoms with Crippen molar-refractivity contribution in [2.75, 3.05) is 0 Å². The van der Waals surface area contributed by atoms with Gasteiger partial charge in [0.05, 0.1) is 12.5 Å². The van der Waals surface area contributed by atoms with Crippen LogP contribution in [0.15, 0.2) is 24.3 Å². The summed E-state index contributed by atoms with van der Waals surface area (Å²) in [6.45, 7) is 7.15. The summed E-state index contributed by atoms with van der Waals surface area (Å²) in [4.78, 5) is 61.6. The van der Waals surface area contributed by atoms with Gasteiger partial charge in [-0.3, -0.25) is 19.2 Å². The Hall–Kier alpha value is -3.67. The van der Waals surface area contributed by atoms with Gasteiger partial charge in [0.1, 0.15) is 23.9 Å². The third kappa shape index (κ3) is 10.9. The molecule has 0 bridgehead atoms. The van der Waals surface area contributed by atoms with Crippen molar-refractivity contribution in [3.8, 4) is 5.75 Å². The van der Waals surface area contributed by atoms with E-state index in [2.05, 4.69) is 16.0 Å². The molecule has 5 atom stereocenters. The van der Waals surface area contributed by atoms with Crippen LogP contribution >= 0.6 is 0 Å². The smallest absolute Gasteiger partial charge is 0.326 e. The van der Waals surface area contributed by atoms with Gasteiger partial charge in [-0.25, -0.2) is 4.79 Å². The predicted octanol–water partition coefficient (Wildman–Crippen LogP) is 0.368. The number of carboxylic acids is 2. The molecule has 1 aromatic rings. The zero-order chi connectivity index (χ0) is 28.3. The number of aliphatic carboxylic acids is 2. The Morgan fingerprint density at radius 1 is 0.865 bits per heavy atom. The number of aromatic hydroxyl groups is 1. The van der Waals surface area contributed by atoms with Crippen molar-refractivity contribution < 1.29 is 39.3 Å². The molecule has 0 aliphatic carbocycles. The van der Waals surface area contributed by atoms with Crippen LogP contribution < -0.4 is 21.7 Å². The monoisotopic (exact) mass is 522 g/mol. The number of benzene rings is 1. The molecule has 0 aliphatic rings. The first-order valence-corrected chi connectivity index (χ1v) is 12.1. The van der Waals surface area contributed by atoms with Gasteiger partial charge in [0.15, 0.2) is 0 Å². The lowest BCUT2D eigenvalue weighted by molar-refractivity contribution is -0.143. The molecule has 3 amide bonds. The quantitative estimate of drug-likeness (QED) is 0.169. The number of nitrogens with one attached hydrogen (secondary N) is 3. The number of carbonyl (C=O) groups is 5. The van der Waals surface area contributed by atoms with Crippen LogP contribution in [0.25, 0.3) is 0 Å². The fourth-order valence-electron chi connectivity index (χ4n) is 3.56. The zero-order valence-corrected chi connectivity index (χ0v) is 21.6. The van der Waals surface area contributed by atoms with Gasteiger partial charge in [-0.05, 0) is 36.0 Å². The average molecular weight is 523 g/mol. The van der Waals surface area contributed by atoms with E-state index in [0.29, 0.717) is 18.4 Å². The number of carboxylic acid groups (broad SMARTS) is 2. The van der Waals surface area contributed by atoms with Gasteiger partial charge in [0.2, 0.25) is 17.7 Å². The van der Waals surface area contributed by atoms with Gasteiger partial charge in [-0.15, -0.1) is 0 Å². The van der Waals surface area contributed by atoms with Crippen LogP contribution in [0.5, 0.6) is 5.75 Å². The van der Waals surface area contributed by atoms with Crippen molar-refractivity contribution in [2.24, 2.45) is 17.6 Å². The fourth-order valence-corrected chi connectivity index (χ4v) is 3.56. The predicted molar refractivity (Wildman–Crippen MR) is 134 cm³/mol. The summed E-state index contributed by atoms with van der Waals surface area (Å²) in [6.07, 6.45) is -0.0561. The second-order valence-corrected chi connectivity index (χ2v) is 9.54. The highest BCUT2D eigenvalue weighted by molar-refractivity contribution is 5.95. The van der Waals surface area contributed by atoms with E-state index < -0.39 is 66.2 Å². The van der Waals surface area contributed by atoms with Crippen molar-refractivity contribution in [2.45, 2.75) is 77.5 Å². The molecule has 0 radical (unpaired) electrons. The molecule has 0 saturated heterocycles. The second kappa shape index (κ2) is 14.8. The van der Waals surface area contributed by atoms with Gasteiger partial charge < -0.3 is 37.0 Å². The Morgan fingerprint density at radius 2 is 1.43 bits per heavy atom. The number of hydrogen-bond donors (Lipinski definition) is 7. The Morgan fingerprint density at radius 3 is 1.92 bits per heavy atom. The molecule has 12 nitrogen and oxygen atoms in total. The standard InChI is InChI=1S/C25H38N4O8/c1-5-14(4)21(24(35)28-19(25(36)37)11-15-6-8-16(30)9-7-15)29-23(34)18(12-20(31)32)27-22(33)17(26)10-13(2)3/h6-9,13-14,17-19,21,30H,5,10-12,26H2,1-4H3,(H,27,33)(H,28,35)(H,29,34)(H,31,32)(H,36,37). The Bertz CT molecular complexity index is 951. The molecule has 5 unspecified atom stereocenters. The maximum atomic E-state index is 13.1. The summed E-state index contributed by atoms with van der Waals surface area (Å²) in [6, 6.07) is 0.859. The molecular formula is C25H38N4O8. The number of rotatable bonds is 15. The molecule has 0 spiro atoms. The van der Waals surface area contributed by atoms with Crippen LogP contribution in [-0.4, -0.2) is 69.1 Å². The van der Waals surface area contributed by atoms with Crippen molar-refractivity contribution in [3.63, 3.8) is 0 Å². The van der Waals surface area contributed by atoms with Gasteiger partial charge in [0.25, 0.3) is 0 Å². The Kier molecular flexibility index (Phi) is 12.5. The number of carbonyl (C=O) groups excluding carboxylic acids is 3. The van der Waals surface area contributed by atoms with Crippen LogP contribution in [0.3, 0.4) is 0 Å². The average Bonchev–Trinajstić information content (AvgIpc) is 2.81. The Balaban J connectivity index is 3.04. The summed E-state index contributed by atoms with van der Waals surface area (Å²) in [7, 11) is 0. The lowest BCUT2D eigenvalue weighted by Crippen LogP contribution is -2.59. The van der Waals surface area contributed by atoms with Crippen molar-refractivity contribution in [1.82, 2.24) is 16.0 Å². The maximum Gasteiger partial charge on any atom is 0.326 e. The van der Waals surface area contributed by atoms with Crippen LogP contribution in [-0.2, 0) is 30.4 Å². The molecule has 1 rings (SSSR count). The lowest BCUT2D eigenvalue weighted by Gasteiger charge is -2.28. The van der Waals surface area contributed by atoms with E-state index in [-0.39, 0.29) is 18.1 Å².